The van der Waals surface area contributed by atoms with Crippen molar-refractivity contribution >= 4 is 70.0 Å². The molecule has 13 nitrogen and oxygen atoms in total. The van der Waals surface area contributed by atoms with E-state index in [0.29, 0.717) is 27.1 Å². The van der Waals surface area contributed by atoms with Gasteiger partial charge in [-0.25, -0.2) is 9.48 Å². The number of rotatable bonds is 9. The van der Waals surface area contributed by atoms with Gasteiger partial charge in [0.15, 0.2) is 0 Å². The van der Waals surface area contributed by atoms with E-state index in [1.165, 1.54) is 40.0 Å². The molecule has 35 heavy (non-hydrogen) atoms. The first-order chi connectivity index (χ1) is 16.7. The second kappa shape index (κ2) is 10.9. The minimum atomic E-state index is -0.823. The quantitative estimate of drug-likeness (QED) is 0.186. The number of esters is 2. The largest absolute Gasteiger partial charge is 0.428 e. The molecule has 0 bridgehead atoms. The monoisotopic (exact) mass is 558 g/mol. The number of amides is 2. The van der Waals surface area contributed by atoms with Crippen LogP contribution < -0.4 is 9.37 Å². The van der Waals surface area contributed by atoms with E-state index in [-0.39, 0.29) is 16.2 Å². The molecular formula is C18H18N6O7S4. The van der Waals surface area contributed by atoms with E-state index in [4.69, 9.17) is 4.74 Å². The van der Waals surface area contributed by atoms with Gasteiger partial charge in [0.2, 0.25) is 17.9 Å². The summed E-state index contributed by atoms with van der Waals surface area (Å²) in [5, 5.41) is 15.6. The van der Waals surface area contributed by atoms with E-state index in [2.05, 4.69) is 25.6 Å². The summed E-state index contributed by atoms with van der Waals surface area (Å²) in [6, 6.07) is -0.823. The SMILES string of the molecule is CC(=O)OCOC(=O)C1=C(CSc2nnnn2C)CSC2C(NC(=O)Cc3csc(=O)s3)C(=O)N12. The van der Waals surface area contributed by atoms with Crippen LogP contribution >= 0.6 is 46.2 Å². The van der Waals surface area contributed by atoms with Gasteiger partial charge in [0, 0.05) is 35.7 Å². The lowest BCUT2D eigenvalue weighted by molar-refractivity contribution is -0.166. The lowest BCUT2D eigenvalue weighted by Gasteiger charge is -2.49. The number of aromatic nitrogens is 4. The van der Waals surface area contributed by atoms with E-state index in [1.54, 1.807) is 12.4 Å². The molecule has 2 aliphatic heterocycles. The molecule has 2 atom stereocenters. The molecule has 2 aromatic rings. The molecule has 1 N–H and O–H groups in total. The Morgan fingerprint density at radius 1 is 1.29 bits per heavy atom. The number of fused-ring (bicyclic) bond motifs is 1. The number of thioether (sulfide) groups is 2. The van der Waals surface area contributed by atoms with Crippen LogP contribution in [0.1, 0.15) is 11.8 Å². The van der Waals surface area contributed by atoms with Crippen LogP contribution in [0.25, 0.3) is 0 Å². The van der Waals surface area contributed by atoms with Gasteiger partial charge in [-0.1, -0.05) is 34.4 Å². The summed E-state index contributed by atoms with van der Waals surface area (Å²) in [5.74, 6) is -1.59. The van der Waals surface area contributed by atoms with Gasteiger partial charge in [-0.2, -0.15) is 0 Å². The number of ether oxygens (including phenoxy) is 2. The molecule has 186 valence electrons. The predicted octanol–water partition coefficient (Wildman–Crippen LogP) is -0.254. The molecule has 1 saturated heterocycles. The van der Waals surface area contributed by atoms with E-state index in [0.717, 1.165) is 22.7 Å². The molecule has 2 amide bonds. The fourth-order valence-electron chi connectivity index (χ4n) is 3.24. The Balaban J connectivity index is 1.48. The van der Waals surface area contributed by atoms with Crippen molar-refractivity contribution in [2.75, 3.05) is 18.3 Å². The van der Waals surface area contributed by atoms with Crippen LogP contribution in [-0.2, 0) is 42.1 Å². The first-order valence-electron chi connectivity index (χ1n) is 9.93. The number of aryl methyl sites for hydroxylation is 1. The molecule has 2 unspecified atom stereocenters. The average molecular weight is 559 g/mol. The van der Waals surface area contributed by atoms with Gasteiger partial charge in [-0.3, -0.25) is 24.1 Å². The van der Waals surface area contributed by atoms with Crippen molar-refractivity contribution in [3.05, 3.63) is 30.4 Å². The second-order valence-corrected chi connectivity index (χ2v) is 11.4. The second-order valence-electron chi connectivity index (χ2n) is 7.20. The summed E-state index contributed by atoms with van der Waals surface area (Å²) < 4.78 is 11.1. The molecule has 0 aliphatic carbocycles. The Labute approximate surface area is 214 Å². The number of carbonyl (C=O) groups is 4. The lowest BCUT2D eigenvalue weighted by atomic mass is 10.0. The topological polar surface area (TPSA) is 163 Å². The summed E-state index contributed by atoms with van der Waals surface area (Å²) >= 11 is 4.69. The van der Waals surface area contributed by atoms with Gasteiger partial charge in [-0.05, 0) is 16.0 Å². The minimum Gasteiger partial charge on any atom is -0.428 e. The van der Waals surface area contributed by atoms with Crippen molar-refractivity contribution in [1.82, 2.24) is 30.4 Å². The summed E-state index contributed by atoms with van der Waals surface area (Å²) in [7, 11) is 1.68. The fraction of sp³-hybridized carbons (Fsp3) is 0.444. The van der Waals surface area contributed by atoms with E-state index < -0.39 is 42.0 Å². The summed E-state index contributed by atoms with van der Waals surface area (Å²) in [6.45, 7) is 0.590. The van der Waals surface area contributed by atoms with Gasteiger partial charge in [0.1, 0.15) is 17.1 Å². The highest BCUT2D eigenvalue weighted by Crippen LogP contribution is 2.41. The third-order valence-electron chi connectivity index (χ3n) is 4.80. The van der Waals surface area contributed by atoms with Crippen molar-refractivity contribution in [3.63, 3.8) is 0 Å². The number of β-lactam (4-membered cyclic amide) rings is 1. The van der Waals surface area contributed by atoms with Crippen molar-refractivity contribution in [2.45, 2.75) is 29.9 Å². The van der Waals surface area contributed by atoms with E-state index in [1.807, 2.05) is 0 Å². The fourth-order valence-corrected chi connectivity index (χ4v) is 7.30. The standard InChI is InChI=1S/C18H18N6O7S4/c1-8(25)30-7-31-16(28)13-9(5-33-17-20-21-22-23(17)2)4-32-15-12(14(27)24(13)15)19-11(26)3-10-6-34-18(29)35-10/h6,12,15H,3-5,7H2,1-2H3,(H,19,26). The molecule has 4 heterocycles. The first-order valence-corrected chi connectivity index (χ1v) is 13.7. The molecule has 17 heteroatoms. The van der Waals surface area contributed by atoms with Crippen LogP contribution in [0.15, 0.2) is 26.6 Å². The van der Waals surface area contributed by atoms with Crippen molar-refractivity contribution < 1.29 is 28.7 Å². The molecule has 4 rings (SSSR count). The van der Waals surface area contributed by atoms with Crippen LogP contribution in [0.5, 0.6) is 0 Å². The third-order valence-corrected chi connectivity index (χ3v) is 9.21. The zero-order valence-corrected chi connectivity index (χ0v) is 21.6. The van der Waals surface area contributed by atoms with E-state index >= 15 is 0 Å². The van der Waals surface area contributed by atoms with Gasteiger partial charge in [0.05, 0.1) is 6.42 Å². The number of tetrazole rings is 1. The molecule has 2 aliphatic rings. The molecular weight excluding hydrogens is 541 g/mol. The van der Waals surface area contributed by atoms with Crippen molar-refractivity contribution in [3.8, 4) is 0 Å². The zero-order chi connectivity index (χ0) is 25.1. The summed E-state index contributed by atoms with van der Waals surface area (Å²) in [5.41, 5.74) is 0.670. The van der Waals surface area contributed by atoms with Crippen LogP contribution in [0.3, 0.4) is 0 Å². The van der Waals surface area contributed by atoms with Crippen molar-refractivity contribution in [1.29, 1.82) is 0 Å². The van der Waals surface area contributed by atoms with Crippen LogP contribution in [0.4, 0.5) is 0 Å². The number of carbonyl (C=O) groups excluding carboxylic acids is 4. The maximum Gasteiger partial charge on any atom is 0.357 e. The molecule has 0 saturated carbocycles. The maximum atomic E-state index is 13.0. The molecule has 2 aromatic heterocycles. The molecule has 0 aromatic carbocycles. The van der Waals surface area contributed by atoms with Gasteiger partial charge in [-0.15, -0.1) is 16.9 Å². The van der Waals surface area contributed by atoms with Crippen LogP contribution in [-0.4, -0.2) is 78.6 Å². The van der Waals surface area contributed by atoms with Gasteiger partial charge in [0.25, 0.3) is 9.96 Å². The van der Waals surface area contributed by atoms with Gasteiger partial charge >= 0.3 is 11.9 Å². The Bertz CT molecular complexity index is 1250. The summed E-state index contributed by atoms with van der Waals surface area (Å²) in [4.78, 5) is 62.6. The minimum absolute atomic E-state index is 0.00861. The third kappa shape index (κ3) is 5.74. The molecule has 1 fully saturated rings. The number of nitrogens with one attached hydrogen (secondary N) is 1. The highest BCUT2D eigenvalue weighted by molar-refractivity contribution is 8.01. The van der Waals surface area contributed by atoms with Crippen LogP contribution in [0.2, 0.25) is 0 Å². The normalized spacial score (nSPS) is 19.1. The first kappa shape index (κ1) is 25.3. The van der Waals surface area contributed by atoms with Crippen molar-refractivity contribution in [2.24, 2.45) is 7.05 Å². The Hall–Kier alpha value is -2.76. The highest BCUT2D eigenvalue weighted by Gasteiger charge is 2.54. The Morgan fingerprint density at radius 3 is 2.74 bits per heavy atom. The predicted molar refractivity (Wildman–Crippen MR) is 126 cm³/mol. The van der Waals surface area contributed by atoms with Gasteiger partial charge < -0.3 is 14.8 Å². The Morgan fingerprint density at radius 2 is 2.09 bits per heavy atom. The Kier molecular flexibility index (Phi) is 7.88. The van der Waals surface area contributed by atoms with Crippen LogP contribution in [0, 0.1) is 0 Å². The zero-order valence-electron chi connectivity index (χ0n) is 18.3. The average Bonchev–Trinajstić information content (AvgIpc) is 3.42. The number of nitrogens with zero attached hydrogens (tertiary/aromatic N) is 5. The molecule has 0 spiro atoms. The lowest BCUT2D eigenvalue weighted by Crippen LogP contribution is -2.70. The number of hydrogen-bond acceptors (Lipinski definition) is 14. The van der Waals surface area contributed by atoms with E-state index in [9.17, 15) is 24.0 Å². The highest BCUT2D eigenvalue weighted by atomic mass is 32.2. The summed E-state index contributed by atoms with van der Waals surface area (Å²) in [6.07, 6.45) is -0.00861. The smallest absolute Gasteiger partial charge is 0.357 e. The number of hydrogen-bond donors (Lipinski definition) is 1. The molecule has 0 radical (unpaired) electrons. The maximum absolute atomic E-state index is 13.0.